The Morgan fingerprint density at radius 1 is 1.30 bits per heavy atom. The lowest BCUT2D eigenvalue weighted by Crippen LogP contribution is -2.17. The summed E-state index contributed by atoms with van der Waals surface area (Å²) in [4.78, 5) is 46.2. The number of benzene rings is 1. The number of rotatable bonds is 5. The molecule has 1 amide bonds. The van der Waals surface area contributed by atoms with Crippen molar-refractivity contribution < 1.29 is 9.59 Å². The summed E-state index contributed by atoms with van der Waals surface area (Å²) in [5, 5.41) is 3.46. The Kier molecular flexibility index (Phi) is 5.79. The number of H-pyrrole nitrogens is 1. The zero-order chi connectivity index (χ0) is 21.4. The average Bonchev–Trinajstić information content (AvgIpc) is 3.05. The molecule has 1 aliphatic rings. The predicted molar refractivity (Wildman–Crippen MR) is 122 cm³/mol. The number of hydrogen-bond donors (Lipinski definition) is 2. The van der Waals surface area contributed by atoms with Crippen LogP contribution in [0.25, 0.3) is 10.2 Å². The van der Waals surface area contributed by atoms with Gasteiger partial charge in [-0.25, -0.2) is 4.98 Å². The maximum Gasteiger partial charge on any atom is 0.260 e. The standard InChI is InChI=1S/C22H23N3O3S2/c1-11-4-9-16-17(10-11)30-21-18(16)20(28)24-22(25-21)29-12(2)19(27)14-5-7-15(8-6-14)23-13(3)26/h5-8,11-12H,4,9-10H2,1-3H3,(H,23,26)(H,24,25,28). The summed E-state index contributed by atoms with van der Waals surface area (Å²) >= 11 is 2.86. The molecule has 6 nitrogen and oxygen atoms in total. The van der Waals surface area contributed by atoms with Gasteiger partial charge in [0, 0.05) is 23.1 Å². The van der Waals surface area contributed by atoms with Gasteiger partial charge in [0.2, 0.25) is 5.91 Å². The normalized spacial score (nSPS) is 16.8. The first kappa shape index (κ1) is 20.8. The lowest BCUT2D eigenvalue weighted by molar-refractivity contribution is -0.114. The van der Waals surface area contributed by atoms with E-state index in [1.807, 2.05) is 0 Å². The summed E-state index contributed by atoms with van der Waals surface area (Å²) in [6, 6.07) is 6.79. The van der Waals surface area contributed by atoms with Gasteiger partial charge in [-0.1, -0.05) is 18.7 Å². The number of thiophene rings is 1. The number of carbonyl (C=O) groups is 2. The van der Waals surface area contributed by atoms with Crippen LogP contribution in [-0.2, 0) is 17.6 Å². The van der Waals surface area contributed by atoms with Crippen molar-refractivity contribution >= 4 is 50.7 Å². The highest BCUT2D eigenvalue weighted by atomic mass is 32.2. The molecule has 2 N–H and O–H groups in total. The van der Waals surface area contributed by atoms with Crippen molar-refractivity contribution in [1.29, 1.82) is 0 Å². The number of carbonyl (C=O) groups excluding carboxylic acids is 2. The highest BCUT2D eigenvalue weighted by Crippen LogP contribution is 2.36. The van der Waals surface area contributed by atoms with Gasteiger partial charge in [0.15, 0.2) is 10.9 Å². The van der Waals surface area contributed by atoms with Gasteiger partial charge < -0.3 is 10.3 Å². The van der Waals surface area contributed by atoms with Crippen molar-refractivity contribution in [2.45, 2.75) is 50.4 Å². The minimum Gasteiger partial charge on any atom is -0.326 e. The number of aryl methyl sites for hydroxylation is 1. The number of aromatic nitrogens is 2. The second-order valence-electron chi connectivity index (χ2n) is 7.79. The van der Waals surface area contributed by atoms with Crippen molar-refractivity contribution in [2.24, 2.45) is 5.92 Å². The van der Waals surface area contributed by atoms with E-state index in [-0.39, 0.29) is 17.2 Å². The van der Waals surface area contributed by atoms with Crippen LogP contribution in [0.1, 0.15) is 48.0 Å². The number of nitrogens with one attached hydrogen (secondary N) is 2. The van der Waals surface area contributed by atoms with Crippen LogP contribution in [0.4, 0.5) is 5.69 Å². The molecule has 30 heavy (non-hydrogen) atoms. The molecular weight excluding hydrogens is 418 g/mol. The summed E-state index contributed by atoms with van der Waals surface area (Å²) in [5.74, 6) is 0.415. The molecule has 0 bridgehead atoms. The third-order valence-corrected chi connectivity index (χ3v) is 7.42. The minimum absolute atomic E-state index is 0.0589. The van der Waals surface area contributed by atoms with Crippen LogP contribution in [0.3, 0.4) is 0 Å². The zero-order valence-electron chi connectivity index (χ0n) is 17.1. The first-order chi connectivity index (χ1) is 14.3. The first-order valence-corrected chi connectivity index (χ1v) is 11.6. The van der Waals surface area contributed by atoms with Crippen LogP contribution >= 0.6 is 23.1 Å². The van der Waals surface area contributed by atoms with Crippen molar-refractivity contribution in [3.05, 3.63) is 50.6 Å². The molecule has 4 rings (SSSR count). The molecule has 2 unspecified atom stereocenters. The Morgan fingerprint density at radius 3 is 2.73 bits per heavy atom. The molecule has 1 aliphatic carbocycles. The van der Waals surface area contributed by atoms with Gasteiger partial charge in [-0.3, -0.25) is 14.4 Å². The number of fused-ring (bicyclic) bond motifs is 3. The Morgan fingerprint density at radius 2 is 2.03 bits per heavy atom. The van der Waals surface area contributed by atoms with E-state index in [1.54, 1.807) is 42.5 Å². The van der Waals surface area contributed by atoms with E-state index in [0.717, 1.165) is 35.0 Å². The molecular formula is C22H23N3O3S2. The average molecular weight is 442 g/mol. The van der Waals surface area contributed by atoms with Gasteiger partial charge in [0.05, 0.1) is 10.6 Å². The third-order valence-electron chi connectivity index (χ3n) is 5.29. The molecule has 2 atom stereocenters. The Balaban J connectivity index is 1.54. The number of aromatic amines is 1. The third kappa shape index (κ3) is 4.20. The second kappa shape index (κ2) is 8.35. The summed E-state index contributed by atoms with van der Waals surface area (Å²) in [5.41, 5.74) is 2.23. The lowest BCUT2D eigenvalue weighted by atomic mass is 9.89. The quantitative estimate of drug-likeness (QED) is 0.347. The molecule has 0 saturated carbocycles. The molecule has 156 valence electrons. The molecule has 2 heterocycles. The monoisotopic (exact) mass is 441 g/mol. The molecule has 0 saturated heterocycles. The van der Waals surface area contributed by atoms with E-state index in [0.29, 0.717) is 22.3 Å². The molecule has 2 aromatic heterocycles. The van der Waals surface area contributed by atoms with Gasteiger partial charge in [-0.15, -0.1) is 11.3 Å². The summed E-state index contributed by atoms with van der Waals surface area (Å²) < 4.78 is 0. The fourth-order valence-corrected chi connectivity index (χ4v) is 6.08. The molecule has 0 radical (unpaired) electrons. The van der Waals surface area contributed by atoms with E-state index in [4.69, 9.17) is 0 Å². The van der Waals surface area contributed by atoms with E-state index in [2.05, 4.69) is 22.2 Å². The maximum atomic E-state index is 12.8. The molecule has 0 aliphatic heterocycles. The van der Waals surface area contributed by atoms with Crippen molar-refractivity contribution in [3.63, 3.8) is 0 Å². The summed E-state index contributed by atoms with van der Waals surface area (Å²) in [6.07, 6.45) is 3.03. The molecule has 8 heteroatoms. The van der Waals surface area contributed by atoms with E-state index in [9.17, 15) is 14.4 Å². The number of anilines is 1. The number of nitrogens with zero attached hydrogens (tertiary/aromatic N) is 1. The topological polar surface area (TPSA) is 91.9 Å². The smallest absolute Gasteiger partial charge is 0.260 e. The number of amides is 1. The minimum atomic E-state index is -0.410. The summed E-state index contributed by atoms with van der Waals surface area (Å²) in [6.45, 7) is 5.48. The first-order valence-electron chi connectivity index (χ1n) is 9.95. The SMILES string of the molecule is CC(=O)Nc1ccc(C(=O)C(C)Sc2nc3sc4c(c3c(=O)[nH]2)CCC(C)C4)cc1. The Hall–Kier alpha value is -2.45. The zero-order valence-corrected chi connectivity index (χ0v) is 18.7. The highest BCUT2D eigenvalue weighted by molar-refractivity contribution is 8.00. The second-order valence-corrected chi connectivity index (χ2v) is 10.2. The van der Waals surface area contributed by atoms with Crippen LogP contribution in [0.5, 0.6) is 0 Å². The van der Waals surface area contributed by atoms with Crippen LogP contribution in [-0.4, -0.2) is 26.9 Å². The van der Waals surface area contributed by atoms with Crippen LogP contribution < -0.4 is 10.9 Å². The van der Waals surface area contributed by atoms with Crippen LogP contribution in [0.2, 0.25) is 0 Å². The van der Waals surface area contributed by atoms with Crippen LogP contribution in [0.15, 0.2) is 34.2 Å². The van der Waals surface area contributed by atoms with Crippen molar-refractivity contribution in [3.8, 4) is 0 Å². The number of Topliss-reactive ketones (excluding diaryl/α,β-unsaturated/α-hetero) is 1. The molecule has 0 spiro atoms. The maximum absolute atomic E-state index is 12.8. The van der Waals surface area contributed by atoms with Gasteiger partial charge in [-0.05, 0) is 61.9 Å². The van der Waals surface area contributed by atoms with E-state index in [1.165, 1.54) is 23.6 Å². The fourth-order valence-electron chi connectivity index (χ4n) is 3.76. The van der Waals surface area contributed by atoms with Gasteiger partial charge in [0.25, 0.3) is 5.56 Å². The number of hydrogen-bond acceptors (Lipinski definition) is 6. The lowest BCUT2D eigenvalue weighted by Gasteiger charge is -2.17. The molecule has 1 aromatic carbocycles. The van der Waals surface area contributed by atoms with Gasteiger partial charge in [-0.2, -0.15) is 0 Å². The largest absolute Gasteiger partial charge is 0.326 e. The van der Waals surface area contributed by atoms with E-state index < -0.39 is 5.25 Å². The fraction of sp³-hybridized carbons (Fsp3) is 0.364. The number of ketones is 1. The van der Waals surface area contributed by atoms with Gasteiger partial charge >= 0.3 is 0 Å². The number of thioether (sulfide) groups is 1. The van der Waals surface area contributed by atoms with Crippen LogP contribution in [0, 0.1) is 5.92 Å². The predicted octanol–water partition coefficient (Wildman–Crippen LogP) is 4.43. The van der Waals surface area contributed by atoms with Crippen molar-refractivity contribution in [1.82, 2.24) is 9.97 Å². The molecule has 3 aromatic rings. The highest BCUT2D eigenvalue weighted by Gasteiger charge is 2.24. The summed E-state index contributed by atoms with van der Waals surface area (Å²) in [7, 11) is 0. The van der Waals surface area contributed by atoms with Gasteiger partial charge in [0.1, 0.15) is 4.83 Å². The Bertz CT molecular complexity index is 1180. The van der Waals surface area contributed by atoms with E-state index >= 15 is 0 Å². The Labute approximate surface area is 182 Å². The molecule has 0 fully saturated rings. The van der Waals surface area contributed by atoms with Crippen molar-refractivity contribution in [2.75, 3.05) is 5.32 Å².